The average Bonchev–Trinajstić information content (AvgIpc) is 2.06. The minimum Gasteiger partial charge on any atom is -0.329 e. The van der Waals surface area contributed by atoms with Crippen molar-refractivity contribution in [1.82, 2.24) is 4.98 Å². The van der Waals surface area contributed by atoms with Gasteiger partial charge in [-0.15, -0.1) is 0 Å². The van der Waals surface area contributed by atoms with Gasteiger partial charge in [0.15, 0.2) is 0 Å². The van der Waals surface area contributed by atoms with Crippen molar-refractivity contribution in [1.29, 1.82) is 0 Å². The van der Waals surface area contributed by atoms with Gasteiger partial charge >= 0.3 is 0 Å². The fourth-order valence-corrected chi connectivity index (χ4v) is 1.13. The molecule has 0 saturated heterocycles. The fraction of sp³-hybridized carbons (Fsp3) is 0.444. The van der Waals surface area contributed by atoms with Crippen molar-refractivity contribution < 1.29 is 0 Å². The highest BCUT2D eigenvalue weighted by atomic mass is 16.1. The summed E-state index contributed by atoms with van der Waals surface area (Å²) in [5.74, 6) is 0. The Morgan fingerprint density at radius 1 is 1.58 bits per heavy atom. The van der Waals surface area contributed by atoms with Crippen LogP contribution in [0.2, 0.25) is 0 Å². The Morgan fingerprint density at radius 2 is 2.33 bits per heavy atom. The zero-order valence-corrected chi connectivity index (χ0v) is 7.21. The van der Waals surface area contributed by atoms with Crippen molar-refractivity contribution in [3.05, 3.63) is 34.2 Å². The number of hydrogen-bond donors (Lipinski definition) is 2. The summed E-state index contributed by atoms with van der Waals surface area (Å²) in [6, 6.07) is 3.33. The lowest BCUT2D eigenvalue weighted by Crippen LogP contribution is -2.12. The molecule has 1 aromatic heterocycles. The van der Waals surface area contributed by atoms with Crippen LogP contribution >= 0.6 is 0 Å². The molecule has 0 radical (unpaired) electrons. The second kappa shape index (κ2) is 4.07. The van der Waals surface area contributed by atoms with Gasteiger partial charge < -0.3 is 10.7 Å². The third kappa shape index (κ3) is 2.20. The van der Waals surface area contributed by atoms with E-state index >= 15 is 0 Å². The Balaban J connectivity index is 2.75. The van der Waals surface area contributed by atoms with Gasteiger partial charge in [0, 0.05) is 18.3 Å². The van der Waals surface area contributed by atoms with Crippen LogP contribution in [-0.2, 0) is 0 Å². The summed E-state index contributed by atoms with van der Waals surface area (Å²) >= 11 is 0. The van der Waals surface area contributed by atoms with Gasteiger partial charge in [0.05, 0.1) is 0 Å². The van der Waals surface area contributed by atoms with E-state index in [1.807, 2.05) is 0 Å². The molecule has 1 heterocycles. The first-order valence-electron chi connectivity index (χ1n) is 4.18. The molecule has 0 amide bonds. The number of hydrogen-bond acceptors (Lipinski definition) is 2. The first-order valence-corrected chi connectivity index (χ1v) is 4.18. The maximum absolute atomic E-state index is 10.7. The summed E-state index contributed by atoms with van der Waals surface area (Å²) in [7, 11) is 0. The SMILES string of the molecule is CCC[C@@H](N)c1ccc(=O)[nH]c1. The molecule has 3 N–H and O–H groups in total. The zero-order valence-electron chi connectivity index (χ0n) is 7.21. The zero-order chi connectivity index (χ0) is 8.97. The van der Waals surface area contributed by atoms with E-state index in [9.17, 15) is 4.79 Å². The van der Waals surface area contributed by atoms with Crippen molar-refractivity contribution >= 4 is 0 Å². The van der Waals surface area contributed by atoms with Crippen molar-refractivity contribution in [3.8, 4) is 0 Å². The summed E-state index contributed by atoms with van der Waals surface area (Å²) in [6.07, 6.45) is 3.69. The van der Waals surface area contributed by atoms with Gasteiger partial charge in [-0.1, -0.05) is 19.4 Å². The van der Waals surface area contributed by atoms with E-state index in [-0.39, 0.29) is 11.6 Å². The highest BCUT2D eigenvalue weighted by Crippen LogP contribution is 2.12. The summed E-state index contributed by atoms with van der Waals surface area (Å²) in [4.78, 5) is 13.3. The minimum absolute atomic E-state index is 0.0480. The lowest BCUT2D eigenvalue weighted by atomic mass is 10.1. The third-order valence-corrected chi connectivity index (χ3v) is 1.84. The van der Waals surface area contributed by atoms with Gasteiger partial charge in [-0.25, -0.2) is 0 Å². The maximum atomic E-state index is 10.7. The number of rotatable bonds is 3. The van der Waals surface area contributed by atoms with Crippen LogP contribution in [-0.4, -0.2) is 4.98 Å². The Bertz CT molecular complexity index is 272. The Hall–Kier alpha value is -1.09. The predicted molar refractivity (Wildman–Crippen MR) is 48.9 cm³/mol. The monoisotopic (exact) mass is 166 g/mol. The van der Waals surface area contributed by atoms with Crippen LogP contribution in [0.1, 0.15) is 31.4 Å². The Morgan fingerprint density at radius 3 is 2.83 bits per heavy atom. The largest absolute Gasteiger partial charge is 0.329 e. The van der Waals surface area contributed by atoms with Crippen LogP contribution in [0.25, 0.3) is 0 Å². The summed E-state index contributed by atoms with van der Waals surface area (Å²) in [5, 5.41) is 0. The van der Waals surface area contributed by atoms with Crippen LogP contribution in [0.4, 0.5) is 0 Å². The van der Waals surface area contributed by atoms with E-state index in [0.717, 1.165) is 18.4 Å². The summed E-state index contributed by atoms with van der Waals surface area (Å²) in [6.45, 7) is 2.09. The molecular weight excluding hydrogens is 152 g/mol. The topological polar surface area (TPSA) is 58.9 Å². The molecule has 0 aromatic carbocycles. The molecule has 0 saturated carbocycles. The third-order valence-electron chi connectivity index (χ3n) is 1.84. The fourth-order valence-electron chi connectivity index (χ4n) is 1.13. The molecule has 0 fully saturated rings. The van der Waals surface area contributed by atoms with E-state index in [1.165, 1.54) is 6.07 Å². The van der Waals surface area contributed by atoms with Crippen molar-refractivity contribution in [2.75, 3.05) is 0 Å². The average molecular weight is 166 g/mol. The molecule has 0 aliphatic carbocycles. The maximum Gasteiger partial charge on any atom is 0.247 e. The Labute approximate surface area is 71.6 Å². The summed E-state index contributed by atoms with van der Waals surface area (Å²) < 4.78 is 0. The molecule has 0 aliphatic rings. The highest BCUT2D eigenvalue weighted by molar-refractivity contribution is 5.12. The van der Waals surface area contributed by atoms with Gasteiger partial charge in [0.2, 0.25) is 5.56 Å². The van der Waals surface area contributed by atoms with Crippen molar-refractivity contribution in [3.63, 3.8) is 0 Å². The van der Waals surface area contributed by atoms with E-state index in [4.69, 9.17) is 5.73 Å². The first kappa shape index (κ1) is 9.00. The van der Waals surface area contributed by atoms with Gasteiger partial charge in [-0.2, -0.15) is 0 Å². The van der Waals surface area contributed by atoms with Gasteiger partial charge in [0.1, 0.15) is 0 Å². The van der Waals surface area contributed by atoms with Crippen LogP contribution in [0.15, 0.2) is 23.1 Å². The lowest BCUT2D eigenvalue weighted by Gasteiger charge is -2.08. The molecule has 3 nitrogen and oxygen atoms in total. The molecule has 0 spiro atoms. The number of H-pyrrole nitrogens is 1. The van der Waals surface area contributed by atoms with Crippen LogP contribution < -0.4 is 11.3 Å². The molecule has 0 aliphatic heterocycles. The summed E-state index contributed by atoms with van der Waals surface area (Å²) in [5.41, 5.74) is 6.75. The predicted octanol–water partition coefficient (Wildman–Crippen LogP) is 1.17. The number of pyridine rings is 1. The molecule has 3 heteroatoms. The van der Waals surface area contributed by atoms with Crippen LogP contribution in [0.5, 0.6) is 0 Å². The molecule has 0 bridgehead atoms. The highest BCUT2D eigenvalue weighted by Gasteiger charge is 2.02. The van der Waals surface area contributed by atoms with E-state index in [0.29, 0.717) is 0 Å². The van der Waals surface area contributed by atoms with Crippen molar-refractivity contribution in [2.45, 2.75) is 25.8 Å². The molecule has 66 valence electrons. The molecule has 0 unspecified atom stereocenters. The standard InChI is InChI=1S/C9H14N2O/c1-2-3-8(10)7-4-5-9(12)11-6-7/h4-6,8H,2-3,10H2,1H3,(H,11,12)/t8-/m1/s1. The van der Waals surface area contributed by atoms with Gasteiger partial charge in [-0.3, -0.25) is 4.79 Å². The quantitative estimate of drug-likeness (QED) is 0.708. The van der Waals surface area contributed by atoms with E-state index < -0.39 is 0 Å². The molecule has 1 aromatic rings. The second-order valence-electron chi connectivity index (χ2n) is 2.88. The molecule has 1 atom stereocenters. The first-order chi connectivity index (χ1) is 5.74. The number of aromatic nitrogens is 1. The number of nitrogens with one attached hydrogen (secondary N) is 1. The molecule has 1 rings (SSSR count). The van der Waals surface area contributed by atoms with E-state index in [2.05, 4.69) is 11.9 Å². The second-order valence-corrected chi connectivity index (χ2v) is 2.88. The smallest absolute Gasteiger partial charge is 0.247 e. The Kier molecular flexibility index (Phi) is 3.05. The molecule has 12 heavy (non-hydrogen) atoms. The normalized spacial score (nSPS) is 12.8. The van der Waals surface area contributed by atoms with E-state index in [1.54, 1.807) is 12.3 Å². The van der Waals surface area contributed by atoms with Crippen molar-refractivity contribution in [2.24, 2.45) is 5.73 Å². The van der Waals surface area contributed by atoms with Gasteiger partial charge in [-0.05, 0) is 12.0 Å². The molecular formula is C9H14N2O. The lowest BCUT2D eigenvalue weighted by molar-refractivity contribution is 0.636. The number of aromatic amines is 1. The van der Waals surface area contributed by atoms with Gasteiger partial charge in [0.25, 0.3) is 0 Å². The minimum atomic E-state index is -0.0811. The van der Waals surface area contributed by atoms with Crippen LogP contribution in [0, 0.1) is 0 Å². The van der Waals surface area contributed by atoms with Crippen LogP contribution in [0.3, 0.4) is 0 Å². The number of nitrogens with two attached hydrogens (primary N) is 1.